The number of sulfonamides is 1. The van der Waals surface area contributed by atoms with Gasteiger partial charge in [0.15, 0.2) is 5.03 Å². The number of Topliss-reactive ketones (excluding diaryl/α,β-unsaturated/α-hetero) is 1. The lowest BCUT2D eigenvalue weighted by Crippen LogP contribution is -2.28. The van der Waals surface area contributed by atoms with Gasteiger partial charge in [0, 0.05) is 13.2 Å². The van der Waals surface area contributed by atoms with Crippen molar-refractivity contribution < 1.29 is 13.2 Å². The van der Waals surface area contributed by atoms with Crippen LogP contribution < -0.4 is 4.72 Å². The highest BCUT2D eigenvalue weighted by Gasteiger charge is 2.16. The topological polar surface area (TPSA) is 81.1 Å². The van der Waals surface area contributed by atoms with Gasteiger partial charge in [-0.15, -0.1) is 0 Å². The average Bonchev–Trinajstić information content (AvgIpc) is 2.49. The van der Waals surface area contributed by atoms with Crippen LogP contribution in [0.25, 0.3) is 0 Å². The largest absolute Gasteiger partial charge is 0.339 e. The molecule has 0 bridgehead atoms. The van der Waals surface area contributed by atoms with E-state index in [0.29, 0.717) is 0 Å². The number of hydrogen-bond acceptors (Lipinski definition) is 4. The van der Waals surface area contributed by atoms with Crippen molar-refractivity contribution in [3.05, 3.63) is 12.5 Å². The third-order valence-electron chi connectivity index (χ3n) is 1.47. The van der Waals surface area contributed by atoms with Crippen LogP contribution in [-0.4, -0.2) is 30.3 Å². The molecule has 1 rings (SSSR count). The molecular formula is C7H11N3O3S. The van der Waals surface area contributed by atoms with Crippen LogP contribution in [0.15, 0.2) is 17.6 Å². The molecule has 7 heteroatoms. The van der Waals surface area contributed by atoms with Crippen LogP contribution in [0.3, 0.4) is 0 Å². The Morgan fingerprint density at radius 2 is 2.29 bits per heavy atom. The van der Waals surface area contributed by atoms with Crippen molar-refractivity contribution >= 4 is 15.8 Å². The van der Waals surface area contributed by atoms with Crippen molar-refractivity contribution in [1.29, 1.82) is 0 Å². The van der Waals surface area contributed by atoms with E-state index in [1.54, 1.807) is 7.05 Å². The second kappa shape index (κ2) is 3.89. The Morgan fingerprint density at radius 3 is 2.71 bits per heavy atom. The Morgan fingerprint density at radius 1 is 1.64 bits per heavy atom. The third kappa shape index (κ3) is 2.64. The monoisotopic (exact) mass is 217 g/mol. The summed E-state index contributed by atoms with van der Waals surface area (Å²) in [6.07, 6.45) is 2.74. The molecule has 0 aromatic carbocycles. The van der Waals surface area contributed by atoms with Crippen LogP contribution in [-0.2, 0) is 21.9 Å². The molecule has 0 aliphatic rings. The number of aryl methyl sites for hydroxylation is 1. The number of nitrogens with one attached hydrogen (secondary N) is 1. The summed E-state index contributed by atoms with van der Waals surface area (Å²) in [7, 11) is -1.97. The summed E-state index contributed by atoms with van der Waals surface area (Å²) in [5.74, 6) is -0.246. The van der Waals surface area contributed by atoms with Gasteiger partial charge in [0.05, 0.1) is 12.9 Å². The first kappa shape index (κ1) is 10.9. The Hall–Kier alpha value is -1.21. The van der Waals surface area contributed by atoms with Gasteiger partial charge in [-0.05, 0) is 6.92 Å². The fraction of sp³-hybridized carbons (Fsp3) is 0.429. The fourth-order valence-corrected chi connectivity index (χ4v) is 1.83. The number of aromatic nitrogens is 2. The lowest BCUT2D eigenvalue weighted by molar-refractivity contribution is -0.115. The van der Waals surface area contributed by atoms with Gasteiger partial charge in [0.1, 0.15) is 5.78 Å². The molecule has 0 radical (unpaired) electrons. The van der Waals surface area contributed by atoms with Crippen LogP contribution in [0.4, 0.5) is 0 Å². The normalized spacial score (nSPS) is 11.6. The molecule has 0 atom stereocenters. The number of rotatable bonds is 4. The van der Waals surface area contributed by atoms with Crippen LogP contribution >= 0.6 is 0 Å². The molecule has 0 saturated carbocycles. The quantitative estimate of drug-likeness (QED) is 0.722. The van der Waals surface area contributed by atoms with E-state index in [-0.39, 0.29) is 17.4 Å². The van der Waals surface area contributed by atoms with Gasteiger partial charge in [-0.25, -0.2) is 18.1 Å². The molecule has 0 fully saturated rings. The van der Waals surface area contributed by atoms with Crippen molar-refractivity contribution in [3.63, 3.8) is 0 Å². The van der Waals surface area contributed by atoms with Crippen molar-refractivity contribution in [2.24, 2.45) is 7.05 Å². The lowest BCUT2D eigenvalue weighted by Gasteiger charge is -2.00. The summed E-state index contributed by atoms with van der Waals surface area (Å²) in [5, 5.41) is -0.0822. The van der Waals surface area contributed by atoms with Gasteiger partial charge < -0.3 is 4.57 Å². The maximum Gasteiger partial charge on any atom is 0.259 e. The predicted octanol–water partition coefficient (Wildman–Crippen LogP) is -0.713. The van der Waals surface area contributed by atoms with E-state index < -0.39 is 10.0 Å². The Kier molecular flexibility index (Phi) is 3.02. The molecule has 0 aliphatic carbocycles. The van der Waals surface area contributed by atoms with E-state index >= 15 is 0 Å². The second-order valence-electron chi connectivity index (χ2n) is 2.90. The number of hydrogen-bond donors (Lipinski definition) is 1. The number of imidazole rings is 1. The van der Waals surface area contributed by atoms with Gasteiger partial charge in [0.25, 0.3) is 10.0 Å². The van der Waals surface area contributed by atoms with E-state index in [0.717, 1.165) is 0 Å². The summed E-state index contributed by atoms with van der Waals surface area (Å²) >= 11 is 0. The third-order valence-corrected chi connectivity index (χ3v) is 2.75. The molecule has 14 heavy (non-hydrogen) atoms. The molecule has 0 amide bonds. The van der Waals surface area contributed by atoms with E-state index in [4.69, 9.17) is 0 Å². The highest BCUT2D eigenvalue weighted by molar-refractivity contribution is 7.89. The van der Waals surface area contributed by atoms with Crippen molar-refractivity contribution in [1.82, 2.24) is 14.3 Å². The molecule has 0 spiro atoms. The van der Waals surface area contributed by atoms with Crippen LogP contribution in [0, 0.1) is 0 Å². The lowest BCUT2D eigenvalue weighted by atomic mass is 10.5. The van der Waals surface area contributed by atoms with Crippen molar-refractivity contribution in [2.75, 3.05) is 6.54 Å². The van der Waals surface area contributed by atoms with Gasteiger partial charge in [-0.2, -0.15) is 0 Å². The minimum absolute atomic E-state index is 0.0822. The van der Waals surface area contributed by atoms with E-state index in [2.05, 4.69) is 9.71 Å². The number of nitrogens with zero attached hydrogens (tertiary/aromatic N) is 2. The predicted molar refractivity (Wildman–Crippen MR) is 49.1 cm³/mol. The Labute approximate surface area is 82.0 Å². The van der Waals surface area contributed by atoms with Crippen molar-refractivity contribution in [2.45, 2.75) is 11.9 Å². The molecule has 78 valence electrons. The summed E-state index contributed by atoms with van der Waals surface area (Å²) in [6.45, 7) is 1.10. The minimum Gasteiger partial charge on any atom is -0.339 e. The summed E-state index contributed by atoms with van der Waals surface area (Å²) in [5.41, 5.74) is 0. The SMILES string of the molecule is CC(=O)CNS(=O)(=O)c1cn(C)cn1. The Bertz CT molecular complexity index is 435. The zero-order valence-electron chi connectivity index (χ0n) is 7.89. The molecule has 6 nitrogen and oxygen atoms in total. The first-order chi connectivity index (χ1) is 6.42. The number of carbonyl (C=O) groups excluding carboxylic acids is 1. The van der Waals surface area contributed by atoms with E-state index in [9.17, 15) is 13.2 Å². The van der Waals surface area contributed by atoms with E-state index in [1.165, 1.54) is 24.0 Å². The molecule has 0 unspecified atom stereocenters. The molecule has 1 aromatic heterocycles. The van der Waals surface area contributed by atoms with Crippen LogP contribution in [0.5, 0.6) is 0 Å². The van der Waals surface area contributed by atoms with Gasteiger partial charge >= 0.3 is 0 Å². The summed E-state index contributed by atoms with van der Waals surface area (Å²) in [6, 6.07) is 0. The molecule has 1 heterocycles. The van der Waals surface area contributed by atoms with Crippen molar-refractivity contribution in [3.8, 4) is 0 Å². The van der Waals surface area contributed by atoms with Gasteiger partial charge in [-0.1, -0.05) is 0 Å². The molecule has 1 aromatic rings. The average molecular weight is 217 g/mol. The maximum absolute atomic E-state index is 11.4. The van der Waals surface area contributed by atoms with Crippen LogP contribution in [0.1, 0.15) is 6.92 Å². The summed E-state index contributed by atoms with van der Waals surface area (Å²) < 4.78 is 26.5. The highest BCUT2D eigenvalue weighted by atomic mass is 32.2. The molecular weight excluding hydrogens is 206 g/mol. The first-order valence-corrected chi connectivity index (χ1v) is 5.37. The highest BCUT2D eigenvalue weighted by Crippen LogP contribution is 2.02. The van der Waals surface area contributed by atoms with Gasteiger partial charge in [0.2, 0.25) is 0 Å². The molecule has 0 aliphatic heterocycles. The minimum atomic E-state index is -3.64. The zero-order valence-corrected chi connectivity index (χ0v) is 8.71. The van der Waals surface area contributed by atoms with E-state index in [1.807, 2.05) is 0 Å². The van der Waals surface area contributed by atoms with Gasteiger partial charge in [-0.3, -0.25) is 4.79 Å². The Balaban J connectivity index is 2.81. The maximum atomic E-state index is 11.4. The smallest absolute Gasteiger partial charge is 0.259 e. The number of carbonyl (C=O) groups is 1. The van der Waals surface area contributed by atoms with Crippen LogP contribution in [0.2, 0.25) is 0 Å². The number of ketones is 1. The first-order valence-electron chi connectivity index (χ1n) is 3.89. The summed E-state index contributed by atoms with van der Waals surface area (Å²) in [4.78, 5) is 14.2. The second-order valence-corrected chi connectivity index (χ2v) is 4.62. The molecule has 1 N–H and O–H groups in total. The fourth-order valence-electron chi connectivity index (χ4n) is 0.798. The molecule has 0 saturated heterocycles. The standard InChI is InChI=1S/C7H11N3O3S/c1-6(11)3-9-14(12,13)7-4-10(2)5-8-7/h4-5,9H,3H2,1-2H3. The zero-order chi connectivity index (χ0) is 10.8.